The molecule has 0 radical (unpaired) electrons. The van der Waals surface area contributed by atoms with Crippen LogP contribution in [0.2, 0.25) is 0 Å². The Morgan fingerprint density at radius 3 is 2.44 bits per heavy atom. The van der Waals surface area contributed by atoms with Crippen molar-refractivity contribution in [3.63, 3.8) is 0 Å². The first-order valence-electron chi connectivity index (χ1n) is 11.1. The van der Waals surface area contributed by atoms with E-state index in [1.165, 1.54) is 9.08 Å². The number of hydrogen-bond donors (Lipinski definition) is 1. The van der Waals surface area contributed by atoms with Crippen molar-refractivity contribution in [1.29, 1.82) is 0 Å². The fourth-order valence-electron chi connectivity index (χ4n) is 4.80. The van der Waals surface area contributed by atoms with Gasteiger partial charge in [-0.2, -0.15) is 4.68 Å². The van der Waals surface area contributed by atoms with Crippen LogP contribution in [0.15, 0.2) is 47.3 Å². The largest absolute Gasteiger partial charge is 0.411 e. The highest BCUT2D eigenvalue weighted by Gasteiger charge is 2.43. The van der Waals surface area contributed by atoms with Gasteiger partial charge < -0.3 is 0 Å². The van der Waals surface area contributed by atoms with Crippen molar-refractivity contribution in [3.05, 3.63) is 64.3 Å². The number of hydrogen-bond acceptors (Lipinski definition) is 5. The summed E-state index contributed by atoms with van der Waals surface area (Å²) >= 11 is 0. The minimum atomic E-state index is -2.79. The van der Waals surface area contributed by atoms with Gasteiger partial charge in [-0.15, -0.1) is 9.50 Å². The molecule has 0 spiro atoms. The third-order valence-electron chi connectivity index (χ3n) is 6.26. The van der Waals surface area contributed by atoms with E-state index in [9.17, 15) is 13.6 Å². The number of aryl methyl sites for hydroxylation is 2. The molecule has 1 aliphatic heterocycles. The highest BCUT2D eigenvalue weighted by molar-refractivity contribution is 5.88. The number of H-pyrrole nitrogens is 1. The van der Waals surface area contributed by atoms with Crippen LogP contribution in [0.25, 0.3) is 28.0 Å². The number of halogens is 2. The van der Waals surface area contributed by atoms with Crippen LogP contribution in [0, 0.1) is 13.8 Å². The van der Waals surface area contributed by atoms with Gasteiger partial charge in [-0.3, -0.25) is 15.6 Å². The summed E-state index contributed by atoms with van der Waals surface area (Å²) in [6.07, 6.45) is -0.323. The van der Waals surface area contributed by atoms with Crippen molar-refractivity contribution in [3.8, 4) is 22.4 Å². The number of nitrogens with two attached hydrogens (primary N) is 1. The molecule has 3 aromatic heterocycles. The lowest BCUT2D eigenvalue weighted by Gasteiger charge is -2.16. The number of pyridine rings is 1. The number of alkyl halides is 2. The fraction of sp³-hybridized carbons (Fsp3) is 0.333. The van der Waals surface area contributed by atoms with Gasteiger partial charge in [0.05, 0.1) is 18.7 Å². The minimum absolute atomic E-state index is 0.0422. The summed E-state index contributed by atoms with van der Waals surface area (Å²) in [6.45, 7) is 3.50. The Hall–Kier alpha value is -3.66. The van der Waals surface area contributed by atoms with E-state index < -0.39 is 17.7 Å². The van der Waals surface area contributed by atoms with E-state index in [0.29, 0.717) is 16.9 Å². The molecule has 3 N–H and O–H groups in total. The second-order valence-corrected chi connectivity index (χ2v) is 9.02. The van der Waals surface area contributed by atoms with Gasteiger partial charge in [0.15, 0.2) is 0 Å². The maximum Gasteiger partial charge on any atom is 0.411 e. The molecule has 0 amide bonds. The standard InChI is InChI=1S/C24H25F2N7O/c1-14-9-17(10-15(2)28-14)19-20(16-7-5-4-6-8-16)29-22(27)33-21(19)30-32(23(33)34)12-18-11-24(25,26)13-31(18)3/h4-10,18H,11-13H2,1-3H3,(H2,27,29)/p+1/t18-/m1/s1. The van der Waals surface area contributed by atoms with E-state index in [1.54, 1.807) is 11.9 Å². The molecule has 1 aliphatic rings. The molecule has 4 heterocycles. The first kappa shape index (κ1) is 22.1. The average molecular weight is 467 g/mol. The summed E-state index contributed by atoms with van der Waals surface area (Å²) < 4.78 is 30.4. The lowest BCUT2D eigenvalue weighted by atomic mass is 9.99. The second kappa shape index (κ2) is 7.98. The summed E-state index contributed by atoms with van der Waals surface area (Å²) in [7, 11) is 1.63. The minimum Gasteiger partial charge on any atom is -0.295 e. The molecular weight excluding hydrogens is 440 g/mol. The lowest BCUT2D eigenvalue weighted by molar-refractivity contribution is -0.351. The maximum absolute atomic E-state index is 13.9. The van der Waals surface area contributed by atoms with Gasteiger partial charge in [0.1, 0.15) is 5.69 Å². The summed E-state index contributed by atoms with van der Waals surface area (Å²) in [4.78, 5) is 22.5. The molecule has 1 atom stereocenters. The number of likely N-dealkylation sites (N-methyl/N-ethyl adjacent to an activating group) is 1. The van der Waals surface area contributed by atoms with Crippen LogP contribution in [0.5, 0.6) is 0 Å². The Balaban J connectivity index is 1.75. The molecule has 1 aromatic carbocycles. The molecule has 34 heavy (non-hydrogen) atoms. The second-order valence-electron chi connectivity index (χ2n) is 9.02. The quantitative estimate of drug-likeness (QED) is 0.499. The fourth-order valence-corrected chi connectivity index (χ4v) is 4.80. The van der Waals surface area contributed by atoms with E-state index >= 15 is 0 Å². The molecular formula is C24H26F2N7O+. The molecule has 0 bridgehead atoms. The van der Waals surface area contributed by atoms with E-state index in [2.05, 4.69) is 15.1 Å². The number of rotatable bonds is 4. The van der Waals surface area contributed by atoms with Crippen molar-refractivity contribution in [2.24, 2.45) is 0 Å². The molecule has 10 heteroatoms. The van der Waals surface area contributed by atoms with Crippen LogP contribution in [0.4, 0.5) is 14.7 Å². The normalized spacial score (nSPS) is 18.1. The highest BCUT2D eigenvalue weighted by atomic mass is 19.3. The predicted octanol–water partition coefficient (Wildman–Crippen LogP) is 2.58. The van der Waals surface area contributed by atoms with Crippen molar-refractivity contribution in [1.82, 2.24) is 24.1 Å². The number of benzene rings is 1. The Labute approximate surface area is 194 Å². The van der Waals surface area contributed by atoms with Crippen molar-refractivity contribution >= 4 is 11.6 Å². The third kappa shape index (κ3) is 3.83. The van der Waals surface area contributed by atoms with Gasteiger partial charge in [-0.1, -0.05) is 30.3 Å². The number of likely N-dealkylation sites (tertiary alicyclic amines) is 1. The van der Waals surface area contributed by atoms with Crippen molar-refractivity contribution < 1.29 is 13.8 Å². The zero-order chi connectivity index (χ0) is 24.2. The number of anilines is 1. The Morgan fingerprint density at radius 1 is 1.15 bits per heavy atom. The SMILES string of the molecule is Cc1cc(-c2c(-c3ccccc3)[nH+]c(N)n3c(=O)n(C[C@H]4CC(F)(F)CN4C)nc23)cc(C)n1. The van der Waals surface area contributed by atoms with Crippen LogP contribution >= 0.6 is 0 Å². The lowest BCUT2D eigenvalue weighted by Crippen LogP contribution is -2.35. The molecule has 0 unspecified atom stereocenters. The molecule has 0 saturated carbocycles. The number of fused-ring (bicyclic) bond motifs is 1. The number of nitrogen functional groups attached to an aromatic ring is 1. The molecule has 1 saturated heterocycles. The van der Waals surface area contributed by atoms with Gasteiger partial charge in [0, 0.05) is 29.4 Å². The van der Waals surface area contributed by atoms with Gasteiger partial charge in [-0.25, -0.2) is 18.6 Å². The van der Waals surface area contributed by atoms with E-state index in [4.69, 9.17) is 5.73 Å². The van der Waals surface area contributed by atoms with Crippen LogP contribution in [0.1, 0.15) is 17.8 Å². The first-order chi connectivity index (χ1) is 16.1. The monoisotopic (exact) mass is 466 g/mol. The molecule has 176 valence electrons. The molecule has 8 nitrogen and oxygen atoms in total. The van der Waals surface area contributed by atoms with E-state index in [0.717, 1.165) is 22.5 Å². The molecule has 4 aromatic rings. The number of nitrogens with one attached hydrogen (secondary N) is 1. The summed E-state index contributed by atoms with van der Waals surface area (Å²) in [5.74, 6) is -2.67. The molecule has 0 aliphatic carbocycles. The third-order valence-corrected chi connectivity index (χ3v) is 6.26. The van der Waals surface area contributed by atoms with Crippen LogP contribution in [-0.2, 0) is 6.54 Å². The molecule has 5 rings (SSSR count). The Kier molecular flexibility index (Phi) is 5.20. The van der Waals surface area contributed by atoms with Crippen molar-refractivity contribution in [2.75, 3.05) is 19.3 Å². The summed E-state index contributed by atoms with van der Waals surface area (Å²) in [5.41, 5.74) is 10.9. The molecule has 1 fully saturated rings. The van der Waals surface area contributed by atoms with Gasteiger partial charge in [-0.05, 0) is 38.6 Å². The van der Waals surface area contributed by atoms with Gasteiger partial charge in [0.2, 0.25) is 5.65 Å². The first-order valence-corrected chi connectivity index (χ1v) is 11.1. The van der Waals surface area contributed by atoms with E-state index in [1.807, 2.05) is 56.3 Å². The zero-order valence-electron chi connectivity index (χ0n) is 19.2. The van der Waals surface area contributed by atoms with E-state index in [-0.39, 0.29) is 25.5 Å². The predicted molar refractivity (Wildman–Crippen MR) is 125 cm³/mol. The average Bonchev–Trinajstić information content (AvgIpc) is 3.22. The Bertz CT molecular complexity index is 1430. The van der Waals surface area contributed by atoms with Crippen LogP contribution in [0.3, 0.4) is 0 Å². The number of nitrogens with zero attached hydrogens (tertiary/aromatic N) is 5. The smallest absolute Gasteiger partial charge is 0.295 e. The summed E-state index contributed by atoms with van der Waals surface area (Å²) in [6, 6.07) is 13.0. The van der Waals surface area contributed by atoms with Gasteiger partial charge >= 0.3 is 11.6 Å². The zero-order valence-corrected chi connectivity index (χ0v) is 19.2. The topological polar surface area (TPSA) is 95.6 Å². The highest BCUT2D eigenvalue weighted by Crippen LogP contribution is 2.34. The van der Waals surface area contributed by atoms with Gasteiger partial charge in [0.25, 0.3) is 5.92 Å². The van der Waals surface area contributed by atoms with Crippen LogP contribution in [-0.4, -0.2) is 49.6 Å². The maximum atomic E-state index is 13.9. The number of aromatic nitrogens is 5. The number of aromatic amines is 1. The van der Waals surface area contributed by atoms with Crippen molar-refractivity contribution in [2.45, 2.75) is 38.8 Å². The Morgan fingerprint density at radius 2 is 1.82 bits per heavy atom. The summed E-state index contributed by atoms with van der Waals surface area (Å²) in [5, 5.41) is 4.62. The van der Waals surface area contributed by atoms with Crippen LogP contribution < -0.4 is 16.4 Å².